The first-order valence-corrected chi connectivity index (χ1v) is 9.27. The maximum atomic E-state index is 13.8. The third kappa shape index (κ3) is 3.75. The second kappa shape index (κ2) is 7.96. The normalized spacial score (nSPS) is 22.2. The molecule has 0 N–H and O–H groups in total. The number of likely N-dealkylation sites (tertiary alicyclic amines) is 1. The maximum absolute atomic E-state index is 13.8. The van der Waals surface area contributed by atoms with Crippen molar-refractivity contribution in [2.45, 2.75) is 24.5 Å². The number of ether oxygens (including phenoxy) is 1. The van der Waals surface area contributed by atoms with Crippen molar-refractivity contribution in [2.24, 2.45) is 0 Å². The molecule has 2 atom stereocenters. The molecular weight excluding hydrogens is 338 g/mol. The van der Waals surface area contributed by atoms with Crippen molar-refractivity contribution in [3.05, 3.63) is 71.8 Å². The molecule has 0 aromatic heterocycles. The number of likely N-dealkylation sites (N-methyl/N-ethyl adjacent to an activating group) is 1. The zero-order valence-electron chi connectivity index (χ0n) is 15.6. The third-order valence-electron chi connectivity index (χ3n) is 5.60. The van der Waals surface area contributed by atoms with Gasteiger partial charge in [0.05, 0.1) is 13.6 Å². The zero-order valence-corrected chi connectivity index (χ0v) is 15.6. The van der Waals surface area contributed by atoms with Crippen LogP contribution in [0.25, 0.3) is 0 Å². The van der Waals surface area contributed by atoms with Crippen LogP contribution in [-0.4, -0.2) is 43.2 Å². The summed E-state index contributed by atoms with van der Waals surface area (Å²) in [5, 5.41) is 13.8. The molecule has 1 heterocycles. The Hall–Kier alpha value is -2.61. The number of benzene rings is 2. The molecule has 0 radical (unpaired) electrons. The average molecular weight is 363 g/mol. The van der Waals surface area contributed by atoms with Gasteiger partial charge in [0.1, 0.15) is 19.2 Å². The molecule has 1 saturated heterocycles. The number of hydrogen-bond acceptors (Lipinski definition) is 3. The summed E-state index contributed by atoms with van der Waals surface area (Å²) in [5.74, 6) is 1.95. The number of hydrogen-bond donors (Lipinski definition) is 0. The molecule has 0 bridgehead atoms. The third-order valence-corrected chi connectivity index (χ3v) is 5.60. The molecule has 2 aromatic carbocycles. The van der Waals surface area contributed by atoms with Gasteiger partial charge in [0, 0.05) is 18.4 Å². The largest absolute Gasteiger partial charge is 0.834 e. The Bertz CT molecular complexity index is 773. The molecule has 140 valence electrons. The second-order valence-electron chi connectivity index (χ2n) is 7.37. The predicted octanol–water partition coefficient (Wildman–Crippen LogP) is 2.08. The summed E-state index contributed by atoms with van der Waals surface area (Å²) in [5.41, 5.74) is -1.32. The van der Waals surface area contributed by atoms with Gasteiger partial charge in [-0.2, -0.15) is 0 Å². The van der Waals surface area contributed by atoms with Crippen LogP contribution < -0.4 is 5.11 Å². The molecule has 4 nitrogen and oxygen atoms in total. The van der Waals surface area contributed by atoms with E-state index in [1.807, 2.05) is 12.1 Å². The molecule has 0 spiro atoms. The Balaban J connectivity index is 1.84. The van der Waals surface area contributed by atoms with Gasteiger partial charge in [-0.25, -0.2) is 0 Å². The fraction of sp³-hybridized carbons (Fsp3) is 0.348. The first kappa shape index (κ1) is 19.2. The number of terminal acetylenes is 1. The Morgan fingerprint density at radius 3 is 2.26 bits per heavy atom. The Labute approximate surface area is 161 Å². The van der Waals surface area contributed by atoms with E-state index in [2.05, 4.69) is 13.0 Å². The fourth-order valence-corrected chi connectivity index (χ4v) is 3.88. The molecule has 0 amide bonds. The molecule has 2 aromatic rings. The van der Waals surface area contributed by atoms with Crippen molar-refractivity contribution in [3.63, 3.8) is 0 Å². The van der Waals surface area contributed by atoms with E-state index in [1.165, 1.54) is 0 Å². The summed E-state index contributed by atoms with van der Waals surface area (Å²) in [4.78, 5) is 13.0. The maximum Gasteiger partial charge on any atom is 0.304 e. The number of quaternary nitrogens is 1. The summed E-state index contributed by atoms with van der Waals surface area (Å²) in [6.07, 6.45) is 7.49. The minimum atomic E-state index is -2.09. The number of esters is 1. The lowest BCUT2D eigenvalue weighted by Gasteiger charge is -2.40. The van der Waals surface area contributed by atoms with Crippen LogP contribution in [-0.2, 0) is 15.1 Å². The summed E-state index contributed by atoms with van der Waals surface area (Å²) in [6.45, 7) is 1.77. The number of rotatable bonds is 6. The lowest BCUT2D eigenvalue weighted by atomic mass is 9.86. The standard InChI is InChI=1S/C23H25NO3/c1-3-16-24(2)17-10-15-21(24)18-27-22(25)23(26,19-11-6-4-7-12-19)20-13-8-5-9-14-20/h1,4-9,11-14,21H,10,15-18H2,2H3/t21-,24?/m1/s1. The number of carbonyl (C=O) groups excluding carboxylic acids is 1. The predicted molar refractivity (Wildman–Crippen MR) is 102 cm³/mol. The lowest BCUT2D eigenvalue weighted by Crippen LogP contribution is -2.53. The van der Waals surface area contributed by atoms with Crippen LogP contribution in [0.3, 0.4) is 0 Å². The van der Waals surface area contributed by atoms with Gasteiger partial charge < -0.3 is 14.3 Å². The van der Waals surface area contributed by atoms with Gasteiger partial charge in [-0.15, -0.1) is 6.42 Å². The van der Waals surface area contributed by atoms with Crippen molar-refractivity contribution in [2.75, 3.05) is 26.7 Å². The van der Waals surface area contributed by atoms with E-state index >= 15 is 0 Å². The van der Waals surface area contributed by atoms with E-state index in [1.54, 1.807) is 48.5 Å². The Morgan fingerprint density at radius 1 is 1.19 bits per heavy atom. The van der Waals surface area contributed by atoms with Crippen molar-refractivity contribution in [1.82, 2.24) is 0 Å². The first-order chi connectivity index (χ1) is 13.0. The topological polar surface area (TPSA) is 49.4 Å². The summed E-state index contributed by atoms with van der Waals surface area (Å²) < 4.78 is 6.29. The molecule has 1 unspecified atom stereocenters. The van der Waals surface area contributed by atoms with E-state index in [4.69, 9.17) is 11.2 Å². The molecule has 3 rings (SSSR count). The smallest absolute Gasteiger partial charge is 0.304 e. The van der Waals surface area contributed by atoms with Crippen LogP contribution in [0.4, 0.5) is 0 Å². The van der Waals surface area contributed by atoms with Gasteiger partial charge in [0.15, 0.2) is 0 Å². The van der Waals surface area contributed by atoms with E-state index in [0.717, 1.165) is 19.4 Å². The Kier molecular flexibility index (Phi) is 5.65. The van der Waals surface area contributed by atoms with Crippen molar-refractivity contribution in [1.29, 1.82) is 0 Å². The Morgan fingerprint density at radius 2 is 1.74 bits per heavy atom. The molecule has 1 fully saturated rings. The van der Waals surface area contributed by atoms with E-state index in [-0.39, 0.29) is 12.6 Å². The van der Waals surface area contributed by atoms with Crippen LogP contribution in [0.15, 0.2) is 60.7 Å². The molecular formula is C23H25NO3. The van der Waals surface area contributed by atoms with Crippen LogP contribution in [0.2, 0.25) is 0 Å². The van der Waals surface area contributed by atoms with E-state index in [9.17, 15) is 9.90 Å². The van der Waals surface area contributed by atoms with Crippen molar-refractivity contribution >= 4 is 5.97 Å². The highest BCUT2D eigenvalue weighted by Crippen LogP contribution is 2.30. The lowest BCUT2D eigenvalue weighted by molar-refractivity contribution is -0.914. The molecule has 27 heavy (non-hydrogen) atoms. The fourth-order valence-electron chi connectivity index (χ4n) is 3.88. The summed E-state index contributed by atoms with van der Waals surface area (Å²) in [6, 6.07) is 17.5. The number of nitrogens with zero attached hydrogens (tertiary/aromatic N) is 1. The highest BCUT2D eigenvalue weighted by Gasteiger charge is 2.39. The molecule has 4 heteroatoms. The molecule has 0 saturated carbocycles. The summed E-state index contributed by atoms with van der Waals surface area (Å²) in [7, 11) is 2.09. The zero-order chi connectivity index (χ0) is 19.3. The molecule has 1 aliphatic heterocycles. The van der Waals surface area contributed by atoms with Gasteiger partial charge in [-0.3, -0.25) is 4.79 Å². The van der Waals surface area contributed by atoms with Gasteiger partial charge in [-0.05, 0) is 17.0 Å². The van der Waals surface area contributed by atoms with Gasteiger partial charge in [-0.1, -0.05) is 60.7 Å². The van der Waals surface area contributed by atoms with Gasteiger partial charge in [0.25, 0.3) is 0 Å². The average Bonchev–Trinajstić information content (AvgIpc) is 3.07. The van der Waals surface area contributed by atoms with Crippen molar-refractivity contribution in [3.8, 4) is 12.3 Å². The van der Waals surface area contributed by atoms with Crippen LogP contribution in [0.5, 0.6) is 0 Å². The minimum absolute atomic E-state index is 0.126. The van der Waals surface area contributed by atoms with E-state index in [0.29, 0.717) is 22.2 Å². The van der Waals surface area contributed by atoms with Gasteiger partial charge >= 0.3 is 5.97 Å². The van der Waals surface area contributed by atoms with Crippen LogP contribution in [0.1, 0.15) is 24.0 Å². The quantitative estimate of drug-likeness (QED) is 0.449. The highest BCUT2D eigenvalue weighted by atomic mass is 16.6. The molecule has 0 aliphatic carbocycles. The number of carbonyl (C=O) groups is 1. The van der Waals surface area contributed by atoms with E-state index < -0.39 is 11.6 Å². The summed E-state index contributed by atoms with van der Waals surface area (Å²) >= 11 is 0. The first-order valence-electron chi connectivity index (χ1n) is 9.27. The molecule has 1 aliphatic rings. The minimum Gasteiger partial charge on any atom is -0.834 e. The van der Waals surface area contributed by atoms with Crippen LogP contribution in [0, 0.1) is 12.3 Å². The van der Waals surface area contributed by atoms with Gasteiger partial charge in [0.2, 0.25) is 0 Å². The van der Waals surface area contributed by atoms with Crippen LogP contribution >= 0.6 is 0 Å². The second-order valence-corrected chi connectivity index (χ2v) is 7.37. The SMILES string of the molecule is C#CC[N+]1(C)CCC[C@@H]1COC(=O)C([O-])(c1ccccc1)c1ccccc1. The highest BCUT2D eigenvalue weighted by molar-refractivity contribution is 5.85. The monoisotopic (exact) mass is 363 g/mol. The van der Waals surface area contributed by atoms with Crippen molar-refractivity contribution < 1.29 is 19.1 Å².